The second kappa shape index (κ2) is 4.59. The van der Waals surface area contributed by atoms with E-state index in [1.54, 1.807) is 0 Å². The minimum atomic E-state index is -4.27. The van der Waals surface area contributed by atoms with Crippen LogP contribution in [0.1, 0.15) is 5.56 Å². The van der Waals surface area contributed by atoms with Crippen LogP contribution in [0, 0.1) is 0 Å². The van der Waals surface area contributed by atoms with Crippen LogP contribution in [-0.2, 0) is 15.7 Å². The molecule has 0 saturated heterocycles. The SMILES string of the molecule is C1=COCO1.FC(F)(F)c1ccoc1. The highest BCUT2D eigenvalue weighted by atomic mass is 19.4. The van der Waals surface area contributed by atoms with E-state index < -0.39 is 11.7 Å². The summed E-state index contributed by atoms with van der Waals surface area (Å²) in [5, 5.41) is 0. The van der Waals surface area contributed by atoms with Crippen LogP contribution in [0.5, 0.6) is 0 Å². The van der Waals surface area contributed by atoms with Crippen LogP contribution in [0.25, 0.3) is 0 Å². The maximum atomic E-state index is 11.6. The van der Waals surface area contributed by atoms with E-state index in [0.717, 1.165) is 12.3 Å². The minimum Gasteiger partial charge on any atom is -0.472 e. The summed E-state index contributed by atoms with van der Waals surface area (Å²) in [5.41, 5.74) is -0.748. The average molecular weight is 208 g/mol. The molecule has 1 aliphatic heterocycles. The third-order valence-electron chi connectivity index (χ3n) is 1.23. The van der Waals surface area contributed by atoms with E-state index >= 15 is 0 Å². The lowest BCUT2D eigenvalue weighted by Crippen LogP contribution is -2.01. The number of alkyl halides is 3. The number of ether oxygens (including phenoxy) is 2. The molecule has 6 heteroatoms. The molecule has 0 bridgehead atoms. The molecular weight excluding hydrogens is 201 g/mol. The van der Waals surface area contributed by atoms with E-state index in [-0.39, 0.29) is 0 Å². The Hall–Kier alpha value is -1.59. The van der Waals surface area contributed by atoms with Crippen molar-refractivity contribution in [3.63, 3.8) is 0 Å². The fourth-order valence-corrected chi connectivity index (χ4v) is 0.622. The summed E-state index contributed by atoms with van der Waals surface area (Å²) in [6.45, 7) is 0.389. The standard InChI is InChI=1S/C5H3F3O.C3H4O2/c6-5(7,8)4-1-2-9-3-4;1-2-5-3-4-1/h1-3H;1-2H,3H2. The van der Waals surface area contributed by atoms with Crippen LogP contribution in [0.2, 0.25) is 0 Å². The fourth-order valence-electron chi connectivity index (χ4n) is 0.622. The van der Waals surface area contributed by atoms with Crippen LogP contribution in [0.3, 0.4) is 0 Å². The third-order valence-corrected chi connectivity index (χ3v) is 1.23. The van der Waals surface area contributed by atoms with Crippen LogP contribution < -0.4 is 0 Å². The van der Waals surface area contributed by atoms with E-state index in [1.165, 1.54) is 12.5 Å². The van der Waals surface area contributed by atoms with E-state index in [2.05, 4.69) is 13.9 Å². The summed E-state index contributed by atoms with van der Waals surface area (Å²) < 4.78 is 48.0. The van der Waals surface area contributed by atoms with Crippen molar-refractivity contribution in [2.45, 2.75) is 6.18 Å². The Kier molecular flexibility index (Phi) is 3.44. The first-order chi connectivity index (χ1) is 6.61. The predicted octanol–water partition coefficient (Wildman–Crippen LogP) is 2.76. The molecule has 1 aliphatic rings. The highest BCUT2D eigenvalue weighted by Crippen LogP contribution is 2.28. The van der Waals surface area contributed by atoms with Gasteiger partial charge in [-0.25, -0.2) is 0 Å². The molecule has 0 radical (unpaired) electrons. The van der Waals surface area contributed by atoms with Crippen molar-refractivity contribution in [2.75, 3.05) is 6.79 Å². The molecule has 0 atom stereocenters. The maximum absolute atomic E-state index is 11.6. The van der Waals surface area contributed by atoms with Crippen LogP contribution in [0.4, 0.5) is 13.2 Å². The summed E-state index contributed by atoms with van der Waals surface area (Å²) in [4.78, 5) is 0. The van der Waals surface area contributed by atoms with Gasteiger partial charge < -0.3 is 13.9 Å². The zero-order valence-electron chi connectivity index (χ0n) is 6.95. The lowest BCUT2D eigenvalue weighted by atomic mass is 10.3. The molecule has 0 N–H and O–H groups in total. The summed E-state index contributed by atoms with van der Waals surface area (Å²) in [5.74, 6) is 0. The number of hydrogen-bond acceptors (Lipinski definition) is 3. The first-order valence-electron chi connectivity index (χ1n) is 3.58. The summed E-state index contributed by atoms with van der Waals surface area (Å²) in [6, 6.07) is 0.875. The van der Waals surface area contributed by atoms with Crippen molar-refractivity contribution in [1.29, 1.82) is 0 Å². The third kappa shape index (κ3) is 3.42. The van der Waals surface area contributed by atoms with Gasteiger partial charge in [0, 0.05) is 0 Å². The molecule has 2 rings (SSSR count). The van der Waals surface area contributed by atoms with E-state index in [4.69, 9.17) is 0 Å². The quantitative estimate of drug-likeness (QED) is 0.656. The molecule has 1 aromatic heterocycles. The monoisotopic (exact) mass is 208 g/mol. The van der Waals surface area contributed by atoms with Crippen LogP contribution >= 0.6 is 0 Å². The first kappa shape index (κ1) is 10.5. The molecule has 0 aliphatic carbocycles. The largest absolute Gasteiger partial charge is 0.472 e. The maximum Gasteiger partial charge on any atom is 0.419 e. The van der Waals surface area contributed by atoms with Crippen molar-refractivity contribution in [1.82, 2.24) is 0 Å². The van der Waals surface area contributed by atoms with Gasteiger partial charge in [-0.3, -0.25) is 0 Å². The van der Waals surface area contributed by atoms with Gasteiger partial charge in [-0.1, -0.05) is 0 Å². The summed E-state index contributed by atoms with van der Waals surface area (Å²) in [6.07, 6.45) is 0.413. The zero-order chi connectivity index (χ0) is 10.4. The predicted molar refractivity (Wildman–Crippen MR) is 39.9 cm³/mol. The van der Waals surface area contributed by atoms with Gasteiger partial charge in [-0.05, 0) is 6.07 Å². The van der Waals surface area contributed by atoms with Crippen molar-refractivity contribution in [2.24, 2.45) is 0 Å². The van der Waals surface area contributed by atoms with Gasteiger partial charge in [-0.15, -0.1) is 0 Å². The summed E-state index contributed by atoms with van der Waals surface area (Å²) >= 11 is 0. The Morgan fingerprint density at radius 2 is 1.79 bits per heavy atom. The van der Waals surface area contributed by atoms with Crippen molar-refractivity contribution in [3.05, 3.63) is 36.7 Å². The smallest absolute Gasteiger partial charge is 0.419 e. The number of rotatable bonds is 0. The van der Waals surface area contributed by atoms with Gasteiger partial charge in [0.1, 0.15) is 18.8 Å². The normalized spacial score (nSPS) is 13.9. The Morgan fingerprint density at radius 3 is 2.00 bits per heavy atom. The Bertz CT molecular complexity index is 271. The topological polar surface area (TPSA) is 31.6 Å². The molecule has 0 fully saturated rings. The molecule has 0 spiro atoms. The van der Waals surface area contributed by atoms with Gasteiger partial charge >= 0.3 is 6.18 Å². The van der Waals surface area contributed by atoms with Gasteiger partial charge in [0.15, 0.2) is 0 Å². The van der Waals surface area contributed by atoms with Gasteiger partial charge in [-0.2, -0.15) is 13.2 Å². The molecule has 0 amide bonds. The molecule has 0 unspecified atom stereocenters. The molecule has 2 heterocycles. The first-order valence-corrected chi connectivity index (χ1v) is 3.58. The molecule has 3 nitrogen and oxygen atoms in total. The minimum absolute atomic E-state index is 0.389. The van der Waals surface area contributed by atoms with Gasteiger partial charge in [0.25, 0.3) is 0 Å². The van der Waals surface area contributed by atoms with Crippen molar-refractivity contribution < 1.29 is 27.1 Å². The lowest BCUT2D eigenvalue weighted by Gasteiger charge is -1.98. The highest BCUT2D eigenvalue weighted by molar-refractivity contribution is 5.09. The molecule has 14 heavy (non-hydrogen) atoms. The van der Waals surface area contributed by atoms with Crippen molar-refractivity contribution in [3.8, 4) is 0 Å². The number of furan rings is 1. The Labute approximate surface area is 77.7 Å². The van der Waals surface area contributed by atoms with Gasteiger partial charge in [0.2, 0.25) is 6.79 Å². The molecular formula is C8H7F3O3. The summed E-state index contributed by atoms with van der Waals surface area (Å²) in [7, 11) is 0. The zero-order valence-corrected chi connectivity index (χ0v) is 6.95. The second-order valence-corrected chi connectivity index (χ2v) is 2.23. The fraction of sp³-hybridized carbons (Fsp3) is 0.250. The number of hydrogen-bond donors (Lipinski definition) is 0. The molecule has 78 valence electrons. The Balaban J connectivity index is 0.000000165. The second-order valence-electron chi connectivity index (χ2n) is 2.23. The van der Waals surface area contributed by atoms with E-state index in [1.807, 2.05) is 0 Å². The Morgan fingerprint density at radius 1 is 1.14 bits per heavy atom. The lowest BCUT2D eigenvalue weighted by molar-refractivity contribution is -0.137. The van der Waals surface area contributed by atoms with Crippen LogP contribution in [0.15, 0.2) is 35.5 Å². The van der Waals surface area contributed by atoms with E-state index in [0.29, 0.717) is 13.1 Å². The number of halogens is 3. The average Bonchev–Trinajstić information content (AvgIpc) is 2.80. The van der Waals surface area contributed by atoms with Crippen molar-refractivity contribution >= 4 is 0 Å². The van der Waals surface area contributed by atoms with Crippen LogP contribution in [-0.4, -0.2) is 6.79 Å². The molecule has 0 aromatic carbocycles. The molecule has 0 saturated carbocycles. The molecule has 1 aromatic rings. The van der Waals surface area contributed by atoms with Gasteiger partial charge in [0.05, 0.1) is 11.8 Å². The van der Waals surface area contributed by atoms with E-state index in [9.17, 15) is 13.2 Å². The highest BCUT2D eigenvalue weighted by Gasteiger charge is 2.31.